The number of methoxy groups -OCH3 is 3. The lowest BCUT2D eigenvalue weighted by Gasteiger charge is -2.35. The van der Waals surface area contributed by atoms with E-state index in [0.717, 1.165) is 43.0 Å². The summed E-state index contributed by atoms with van der Waals surface area (Å²) in [5.41, 5.74) is 2.93. The van der Waals surface area contributed by atoms with Crippen molar-refractivity contribution in [1.82, 2.24) is 9.80 Å². The molecule has 2 aromatic rings. The van der Waals surface area contributed by atoms with Crippen LogP contribution in [0.2, 0.25) is 0 Å². The van der Waals surface area contributed by atoms with Gasteiger partial charge in [0.2, 0.25) is 5.75 Å². The maximum Gasteiger partial charge on any atom is 0.253 e. The van der Waals surface area contributed by atoms with Gasteiger partial charge in [-0.2, -0.15) is 0 Å². The minimum absolute atomic E-state index is 0.0949. The zero-order chi connectivity index (χ0) is 24.0. The largest absolute Gasteiger partial charge is 0.493 e. The van der Waals surface area contributed by atoms with Crippen molar-refractivity contribution in [2.24, 2.45) is 0 Å². The Morgan fingerprint density at radius 2 is 1.55 bits per heavy atom. The maximum atomic E-state index is 13.0. The zero-order valence-corrected chi connectivity index (χ0v) is 20.8. The SMILES string of the molecule is CCN(c1ccc(C(=O)N2CCN(Cc3ccc(OC)c(OC)c3OC)CC2)cc1)C(C)C. The number of rotatable bonds is 9. The number of hydrogen-bond acceptors (Lipinski definition) is 6. The van der Waals surface area contributed by atoms with Crippen molar-refractivity contribution in [1.29, 1.82) is 0 Å². The lowest BCUT2D eigenvalue weighted by Crippen LogP contribution is -2.48. The number of carbonyl (C=O) groups excluding carboxylic acids is 1. The normalized spacial score (nSPS) is 14.3. The molecule has 0 atom stereocenters. The third-order valence-corrected chi connectivity index (χ3v) is 6.25. The molecule has 0 saturated carbocycles. The van der Waals surface area contributed by atoms with Crippen molar-refractivity contribution in [2.45, 2.75) is 33.4 Å². The summed E-state index contributed by atoms with van der Waals surface area (Å²) in [5.74, 6) is 2.04. The van der Waals surface area contributed by atoms with Gasteiger partial charge in [-0.3, -0.25) is 9.69 Å². The van der Waals surface area contributed by atoms with E-state index in [0.29, 0.717) is 36.4 Å². The predicted molar refractivity (Wildman–Crippen MR) is 132 cm³/mol. The Morgan fingerprint density at radius 3 is 2.06 bits per heavy atom. The smallest absolute Gasteiger partial charge is 0.253 e. The Bertz CT molecular complexity index is 922. The van der Waals surface area contributed by atoms with Gasteiger partial charge in [-0.1, -0.05) is 6.07 Å². The molecular weight excluding hydrogens is 418 g/mol. The number of carbonyl (C=O) groups is 1. The average Bonchev–Trinajstić information content (AvgIpc) is 2.84. The van der Waals surface area contributed by atoms with E-state index in [1.54, 1.807) is 21.3 Å². The summed E-state index contributed by atoms with van der Waals surface area (Å²) in [7, 11) is 4.87. The Labute approximate surface area is 197 Å². The number of anilines is 1. The third-order valence-electron chi connectivity index (χ3n) is 6.25. The lowest BCUT2D eigenvalue weighted by atomic mass is 10.1. The Morgan fingerprint density at radius 1 is 0.909 bits per heavy atom. The van der Waals surface area contributed by atoms with Gasteiger partial charge < -0.3 is 24.0 Å². The number of nitrogens with zero attached hydrogens (tertiary/aromatic N) is 3. The number of hydrogen-bond donors (Lipinski definition) is 0. The van der Waals surface area contributed by atoms with E-state index in [2.05, 4.69) is 42.7 Å². The molecule has 7 nitrogen and oxygen atoms in total. The highest BCUT2D eigenvalue weighted by Gasteiger charge is 2.24. The molecule has 3 rings (SSSR count). The highest BCUT2D eigenvalue weighted by Crippen LogP contribution is 2.40. The third kappa shape index (κ3) is 5.53. The van der Waals surface area contributed by atoms with Crippen LogP contribution in [0.1, 0.15) is 36.7 Å². The van der Waals surface area contributed by atoms with E-state index in [1.807, 2.05) is 29.2 Å². The summed E-state index contributed by atoms with van der Waals surface area (Å²) in [6.07, 6.45) is 0. The maximum absolute atomic E-state index is 13.0. The second-order valence-corrected chi connectivity index (χ2v) is 8.49. The monoisotopic (exact) mass is 455 g/mol. The van der Waals surface area contributed by atoms with Gasteiger partial charge in [-0.05, 0) is 51.1 Å². The van der Waals surface area contributed by atoms with Gasteiger partial charge in [0.25, 0.3) is 5.91 Å². The van der Waals surface area contributed by atoms with Crippen molar-refractivity contribution in [3.63, 3.8) is 0 Å². The molecule has 0 aromatic heterocycles. The molecule has 0 N–H and O–H groups in total. The molecule has 0 radical (unpaired) electrons. The second-order valence-electron chi connectivity index (χ2n) is 8.49. The van der Waals surface area contributed by atoms with E-state index in [4.69, 9.17) is 14.2 Å². The van der Waals surface area contributed by atoms with Crippen LogP contribution < -0.4 is 19.1 Å². The lowest BCUT2D eigenvalue weighted by molar-refractivity contribution is 0.0627. The second kappa shape index (κ2) is 11.3. The van der Waals surface area contributed by atoms with E-state index in [-0.39, 0.29) is 5.91 Å². The molecule has 1 heterocycles. The zero-order valence-electron chi connectivity index (χ0n) is 20.8. The number of piperazine rings is 1. The first-order valence-corrected chi connectivity index (χ1v) is 11.6. The summed E-state index contributed by atoms with van der Waals surface area (Å²) in [6, 6.07) is 12.3. The van der Waals surface area contributed by atoms with Crippen LogP contribution >= 0.6 is 0 Å². The van der Waals surface area contributed by atoms with Gasteiger partial charge in [0.15, 0.2) is 11.5 Å². The molecule has 1 aliphatic heterocycles. The van der Waals surface area contributed by atoms with Gasteiger partial charge in [0.1, 0.15) is 0 Å². The summed E-state index contributed by atoms with van der Waals surface area (Å²) >= 11 is 0. The highest BCUT2D eigenvalue weighted by atomic mass is 16.5. The fourth-order valence-electron chi connectivity index (χ4n) is 4.46. The van der Waals surface area contributed by atoms with Crippen molar-refractivity contribution >= 4 is 11.6 Å². The summed E-state index contributed by atoms with van der Waals surface area (Å²) in [4.78, 5) is 19.6. The van der Waals surface area contributed by atoms with Crippen LogP contribution in [0.4, 0.5) is 5.69 Å². The summed E-state index contributed by atoms with van der Waals surface area (Å²) in [5, 5.41) is 0. The number of benzene rings is 2. The molecule has 33 heavy (non-hydrogen) atoms. The van der Waals surface area contributed by atoms with Gasteiger partial charge in [0, 0.05) is 62.1 Å². The van der Waals surface area contributed by atoms with Crippen LogP contribution in [0, 0.1) is 0 Å². The molecule has 2 aromatic carbocycles. The first-order valence-electron chi connectivity index (χ1n) is 11.6. The van der Waals surface area contributed by atoms with E-state index in [1.165, 1.54) is 0 Å². The molecule has 1 aliphatic rings. The Kier molecular flexibility index (Phi) is 8.44. The van der Waals surface area contributed by atoms with Crippen LogP contribution in [0.3, 0.4) is 0 Å². The van der Waals surface area contributed by atoms with E-state index >= 15 is 0 Å². The van der Waals surface area contributed by atoms with Crippen molar-refractivity contribution in [3.05, 3.63) is 47.5 Å². The van der Waals surface area contributed by atoms with Gasteiger partial charge >= 0.3 is 0 Å². The number of ether oxygens (including phenoxy) is 3. The molecule has 1 fully saturated rings. The molecule has 0 aliphatic carbocycles. The quantitative estimate of drug-likeness (QED) is 0.572. The molecule has 0 bridgehead atoms. The summed E-state index contributed by atoms with van der Waals surface area (Å²) in [6.45, 7) is 11.2. The van der Waals surface area contributed by atoms with Crippen molar-refractivity contribution in [2.75, 3.05) is 59.0 Å². The van der Waals surface area contributed by atoms with Crippen LogP contribution in [0.15, 0.2) is 36.4 Å². The van der Waals surface area contributed by atoms with Crippen LogP contribution in [0.25, 0.3) is 0 Å². The van der Waals surface area contributed by atoms with E-state index in [9.17, 15) is 4.79 Å². The standard InChI is InChI=1S/C26H37N3O4/c1-7-29(19(2)3)22-11-8-20(9-12-22)26(30)28-16-14-27(15-17-28)18-21-10-13-23(31-4)25(33-6)24(21)32-5/h8-13,19H,7,14-18H2,1-6H3. The molecular formula is C26H37N3O4. The Hall–Kier alpha value is -2.93. The van der Waals surface area contributed by atoms with Crippen LogP contribution in [-0.2, 0) is 6.54 Å². The minimum Gasteiger partial charge on any atom is -0.493 e. The first-order chi connectivity index (χ1) is 15.9. The van der Waals surface area contributed by atoms with Gasteiger partial charge in [0.05, 0.1) is 21.3 Å². The van der Waals surface area contributed by atoms with Crippen LogP contribution in [0.5, 0.6) is 17.2 Å². The summed E-state index contributed by atoms with van der Waals surface area (Å²) < 4.78 is 16.5. The van der Waals surface area contributed by atoms with Gasteiger partial charge in [-0.25, -0.2) is 0 Å². The topological polar surface area (TPSA) is 54.5 Å². The fourth-order valence-corrected chi connectivity index (χ4v) is 4.46. The van der Waals surface area contributed by atoms with Crippen LogP contribution in [-0.4, -0.2) is 75.8 Å². The molecule has 1 saturated heterocycles. The van der Waals surface area contributed by atoms with Gasteiger partial charge in [-0.15, -0.1) is 0 Å². The molecule has 0 unspecified atom stereocenters. The Balaban J connectivity index is 1.62. The molecule has 180 valence electrons. The van der Waals surface area contributed by atoms with Crippen molar-refractivity contribution in [3.8, 4) is 17.2 Å². The molecule has 1 amide bonds. The molecule has 7 heteroatoms. The molecule has 0 spiro atoms. The minimum atomic E-state index is 0.0949. The first kappa shape index (κ1) is 24.7. The van der Waals surface area contributed by atoms with Crippen molar-refractivity contribution < 1.29 is 19.0 Å². The fraction of sp³-hybridized carbons (Fsp3) is 0.500. The predicted octanol–water partition coefficient (Wildman–Crippen LogP) is 3.91. The highest BCUT2D eigenvalue weighted by molar-refractivity contribution is 5.94. The van der Waals surface area contributed by atoms with E-state index < -0.39 is 0 Å². The average molecular weight is 456 g/mol. The number of amides is 1.